The molecule has 0 aliphatic carbocycles. The fourth-order valence-electron chi connectivity index (χ4n) is 1.08. The van der Waals surface area contributed by atoms with E-state index in [-0.39, 0.29) is 23.7 Å². The minimum atomic E-state index is -3.39. The third-order valence-corrected chi connectivity index (χ3v) is 4.13. The standard InChI is InChI=1S/C10H22N2O3S/c1-5-9(11)6-16(14,15)7-10(13)12(4)8(2)3/h8-9H,5-7,11H2,1-4H3. The number of nitrogens with two attached hydrogens (primary N) is 1. The monoisotopic (exact) mass is 250 g/mol. The number of carbonyl (C=O) groups is 1. The molecule has 1 atom stereocenters. The summed E-state index contributed by atoms with van der Waals surface area (Å²) in [5, 5.41) is 0. The summed E-state index contributed by atoms with van der Waals surface area (Å²) in [6.07, 6.45) is 0.591. The van der Waals surface area contributed by atoms with Gasteiger partial charge in [0.1, 0.15) is 5.75 Å². The maximum absolute atomic E-state index is 11.6. The maximum Gasteiger partial charge on any atom is 0.237 e. The Balaban J connectivity index is 4.43. The van der Waals surface area contributed by atoms with Crippen LogP contribution >= 0.6 is 0 Å². The number of hydrogen-bond donors (Lipinski definition) is 1. The Bertz CT molecular complexity index is 325. The second kappa shape index (κ2) is 6.20. The molecule has 0 saturated carbocycles. The molecular weight excluding hydrogens is 228 g/mol. The molecule has 0 saturated heterocycles. The highest BCUT2D eigenvalue weighted by atomic mass is 32.2. The molecule has 0 aromatic carbocycles. The number of hydrogen-bond acceptors (Lipinski definition) is 4. The summed E-state index contributed by atoms with van der Waals surface area (Å²) in [5.41, 5.74) is 5.57. The van der Waals surface area contributed by atoms with Gasteiger partial charge in [-0.25, -0.2) is 8.42 Å². The lowest BCUT2D eigenvalue weighted by Gasteiger charge is -2.21. The molecule has 6 heteroatoms. The van der Waals surface area contributed by atoms with Crippen LogP contribution in [0.5, 0.6) is 0 Å². The molecule has 0 aliphatic heterocycles. The van der Waals surface area contributed by atoms with Gasteiger partial charge in [0.2, 0.25) is 5.91 Å². The van der Waals surface area contributed by atoms with Gasteiger partial charge in [-0.15, -0.1) is 0 Å². The maximum atomic E-state index is 11.6. The predicted octanol–water partition coefficient (Wildman–Crippen LogP) is 0.00530. The van der Waals surface area contributed by atoms with Crippen LogP contribution in [0.15, 0.2) is 0 Å². The molecule has 0 radical (unpaired) electrons. The van der Waals surface area contributed by atoms with Crippen LogP contribution in [-0.4, -0.2) is 49.9 Å². The van der Waals surface area contributed by atoms with Crippen molar-refractivity contribution in [3.8, 4) is 0 Å². The Morgan fingerprint density at radius 2 is 1.88 bits per heavy atom. The smallest absolute Gasteiger partial charge is 0.237 e. The van der Waals surface area contributed by atoms with Gasteiger partial charge in [-0.3, -0.25) is 4.79 Å². The van der Waals surface area contributed by atoms with Gasteiger partial charge >= 0.3 is 0 Å². The van der Waals surface area contributed by atoms with Crippen LogP contribution in [0.3, 0.4) is 0 Å². The summed E-state index contributed by atoms with van der Waals surface area (Å²) >= 11 is 0. The molecule has 96 valence electrons. The first kappa shape index (κ1) is 15.4. The number of nitrogens with zero attached hydrogens (tertiary/aromatic N) is 1. The molecule has 0 aromatic heterocycles. The summed E-state index contributed by atoms with van der Waals surface area (Å²) < 4.78 is 23.2. The van der Waals surface area contributed by atoms with Crippen LogP contribution in [0.4, 0.5) is 0 Å². The zero-order valence-corrected chi connectivity index (χ0v) is 11.3. The molecule has 0 fully saturated rings. The highest BCUT2D eigenvalue weighted by molar-refractivity contribution is 7.92. The third kappa shape index (κ3) is 5.46. The van der Waals surface area contributed by atoms with Crippen molar-refractivity contribution in [2.24, 2.45) is 5.73 Å². The second-order valence-corrected chi connectivity index (χ2v) is 6.43. The molecule has 16 heavy (non-hydrogen) atoms. The van der Waals surface area contributed by atoms with Crippen LogP contribution in [0.1, 0.15) is 27.2 Å². The number of carbonyl (C=O) groups excluding carboxylic acids is 1. The van der Waals surface area contributed by atoms with E-state index in [1.54, 1.807) is 7.05 Å². The van der Waals surface area contributed by atoms with Gasteiger partial charge in [0.15, 0.2) is 9.84 Å². The largest absolute Gasteiger partial charge is 0.342 e. The number of rotatable bonds is 6. The lowest BCUT2D eigenvalue weighted by molar-refractivity contribution is -0.128. The Kier molecular flexibility index (Phi) is 5.96. The van der Waals surface area contributed by atoms with Crippen molar-refractivity contribution in [1.29, 1.82) is 0 Å². The first-order valence-electron chi connectivity index (χ1n) is 5.41. The van der Waals surface area contributed by atoms with Crippen LogP contribution in [0.25, 0.3) is 0 Å². The highest BCUT2D eigenvalue weighted by Crippen LogP contribution is 2.01. The van der Waals surface area contributed by atoms with Crippen molar-refractivity contribution < 1.29 is 13.2 Å². The van der Waals surface area contributed by atoms with Crippen LogP contribution in [-0.2, 0) is 14.6 Å². The van der Waals surface area contributed by atoms with Crippen molar-refractivity contribution in [3.05, 3.63) is 0 Å². The van der Waals surface area contributed by atoms with Crippen molar-refractivity contribution >= 4 is 15.7 Å². The van der Waals surface area contributed by atoms with Gasteiger partial charge < -0.3 is 10.6 Å². The summed E-state index contributed by atoms with van der Waals surface area (Å²) in [6.45, 7) is 5.49. The average molecular weight is 250 g/mol. The quantitative estimate of drug-likeness (QED) is 0.720. The normalized spacial score (nSPS) is 13.9. The van der Waals surface area contributed by atoms with E-state index in [1.165, 1.54) is 4.90 Å². The molecule has 1 unspecified atom stereocenters. The van der Waals surface area contributed by atoms with E-state index < -0.39 is 15.6 Å². The van der Waals surface area contributed by atoms with Crippen molar-refractivity contribution in [1.82, 2.24) is 4.90 Å². The molecule has 0 heterocycles. The van der Waals surface area contributed by atoms with E-state index in [2.05, 4.69) is 0 Å². The van der Waals surface area contributed by atoms with Crippen molar-refractivity contribution in [2.75, 3.05) is 18.6 Å². The molecule has 2 N–H and O–H groups in total. The molecule has 0 aliphatic rings. The number of sulfone groups is 1. The van der Waals surface area contributed by atoms with Gasteiger partial charge in [0.05, 0.1) is 5.75 Å². The topological polar surface area (TPSA) is 80.5 Å². The minimum absolute atomic E-state index is 0.00236. The van der Waals surface area contributed by atoms with Gasteiger partial charge in [-0.1, -0.05) is 6.92 Å². The van der Waals surface area contributed by atoms with E-state index in [0.29, 0.717) is 6.42 Å². The van der Waals surface area contributed by atoms with Gasteiger partial charge in [0.25, 0.3) is 0 Å². The van der Waals surface area contributed by atoms with E-state index in [1.807, 2.05) is 20.8 Å². The lowest BCUT2D eigenvalue weighted by Crippen LogP contribution is -2.39. The molecule has 5 nitrogen and oxygen atoms in total. The Morgan fingerprint density at radius 1 is 1.38 bits per heavy atom. The first-order chi connectivity index (χ1) is 7.19. The SMILES string of the molecule is CCC(N)CS(=O)(=O)CC(=O)N(C)C(C)C. The third-order valence-electron chi connectivity index (χ3n) is 2.50. The van der Waals surface area contributed by atoms with E-state index in [9.17, 15) is 13.2 Å². The summed E-state index contributed by atoms with van der Waals surface area (Å²) in [7, 11) is -1.79. The molecule has 0 spiro atoms. The lowest BCUT2D eigenvalue weighted by atomic mass is 10.3. The fraction of sp³-hybridized carbons (Fsp3) is 0.900. The average Bonchev–Trinajstić information content (AvgIpc) is 2.14. The zero-order valence-electron chi connectivity index (χ0n) is 10.4. The summed E-state index contributed by atoms with van der Waals surface area (Å²) in [6, 6.07) is -0.385. The van der Waals surface area contributed by atoms with E-state index in [0.717, 1.165) is 0 Å². The Labute approximate surface area is 97.9 Å². The van der Waals surface area contributed by atoms with Crippen LogP contribution in [0, 0.1) is 0 Å². The van der Waals surface area contributed by atoms with E-state index in [4.69, 9.17) is 5.73 Å². The van der Waals surface area contributed by atoms with Crippen molar-refractivity contribution in [2.45, 2.75) is 39.3 Å². The predicted molar refractivity (Wildman–Crippen MR) is 64.8 cm³/mol. The molecule has 0 rings (SSSR count). The zero-order chi connectivity index (χ0) is 12.9. The fourth-order valence-corrected chi connectivity index (χ4v) is 2.67. The first-order valence-corrected chi connectivity index (χ1v) is 7.23. The summed E-state index contributed by atoms with van der Waals surface area (Å²) in [5.74, 6) is -0.949. The van der Waals surface area contributed by atoms with Gasteiger partial charge in [-0.05, 0) is 20.3 Å². The van der Waals surface area contributed by atoms with Crippen molar-refractivity contribution in [3.63, 3.8) is 0 Å². The Hall–Kier alpha value is -0.620. The highest BCUT2D eigenvalue weighted by Gasteiger charge is 2.22. The molecular formula is C10H22N2O3S. The second-order valence-electron chi connectivity index (χ2n) is 4.32. The van der Waals surface area contributed by atoms with Gasteiger partial charge in [-0.2, -0.15) is 0 Å². The molecule has 0 aromatic rings. The Morgan fingerprint density at radius 3 is 2.25 bits per heavy atom. The summed E-state index contributed by atoms with van der Waals surface area (Å²) in [4.78, 5) is 13.0. The van der Waals surface area contributed by atoms with Crippen LogP contribution in [0.2, 0.25) is 0 Å². The molecule has 0 bridgehead atoms. The minimum Gasteiger partial charge on any atom is -0.342 e. The van der Waals surface area contributed by atoms with Crippen LogP contribution < -0.4 is 5.73 Å². The van der Waals surface area contributed by atoms with Gasteiger partial charge in [0, 0.05) is 19.1 Å². The van der Waals surface area contributed by atoms with E-state index >= 15 is 0 Å². The number of amides is 1. The molecule has 1 amide bonds.